The summed E-state index contributed by atoms with van der Waals surface area (Å²) in [5.41, 5.74) is -0.442. The highest BCUT2D eigenvalue weighted by Gasteiger charge is 2.37. The van der Waals surface area contributed by atoms with Crippen molar-refractivity contribution in [3.63, 3.8) is 0 Å². The molecule has 5 heteroatoms. The van der Waals surface area contributed by atoms with Gasteiger partial charge in [0.15, 0.2) is 0 Å². The standard InChI is InChI=1S/C17H31N3O2/c1-17(2,3)22-16(21)19-10-6-5-9-18-13-11-14-7-8-15(12-13)20(14)4/h5-6,13-15,18H,7-12H2,1-4H3,(H,19,21)/b6-5+. The van der Waals surface area contributed by atoms with Crippen molar-refractivity contribution in [3.05, 3.63) is 12.2 Å². The Kier molecular flexibility index (Phi) is 5.87. The molecular weight excluding hydrogens is 278 g/mol. The number of carbonyl (C=O) groups is 1. The van der Waals surface area contributed by atoms with Crippen LogP contribution in [0.15, 0.2) is 12.2 Å². The lowest BCUT2D eigenvalue weighted by atomic mass is 9.98. The Bertz CT molecular complexity index is 389. The Hall–Kier alpha value is -1.07. The molecule has 2 heterocycles. The van der Waals surface area contributed by atoms with Crippen LogP contribution in [0.2, 0.25) is 0 Å². The largest absolute Gasteiger partial charge is 0.444 e. The van der Waals surface area contributed by atoms with Gasteiger partial charge in [-0.1, -0.05) is 12.2 Å². The molecule has 2 rings (SSSR count). The summed E-state index contributed by atoms with van der Waals surface area (Å²) >= 11 is 0. The van der Waals surface area contributed by atoms with Crippen LogP contribution in [-0.2, 0) is 4.74 Å². The fraction of sp³-hybridized carbons (Fsp3) is 0.824. The molecule has 5 nitrogen and oxygen atoms in total. The van der Waals surface area contributed by atoms with E-state index in [2.05, 4.69) is 28.7 Å². The molecule has 0 aliphatic carbocycles. The SMILES string of the molecule is CN1C2CCC1CC(NC/C=C/CNC(=O)OC(C)(C)C)C2. The van der Waals surface area contributed by atoms with Crippen LogP contribution >= 0.6 is 0 Å². The number of nitrogens with zero attached hydrogens (tertiary/aromatic N) is 1. The number of hydrogen-bond donors (Lipinski definition) is 2. The van der Waals surface area contributed by atoms with E-state index in [1.54, 1.807) is 0 Å². The van der Waals surface area contributed by atoms with E-state index in [9.17, 15) is 4.79 Å². The number of nitrogens with one attached hydrogen (secondary N) is 2. The number of carbonyl (C=O) groups excluding carboxylic acids is 1. The second-order valence-electron chi connectivity index (χ2n) is 7.48. The van der Waals surface area contributed by atoms with Gasteiger partial charge in [-0.25, -0.2) is 4.79 Å². The minimum atomic E-state index is -0.442. The summed E-state index contributed by atoms with van der Waals surface area (Å²) in [5, 5.41) is 6.34. The molecule has 0 radical (unpaired) electrons. The molecule has 22 heavy (non-hydrogen) atoms. The lowest BCUT2D eigenvalue weighted by Crippen LogP contribution is -2.47. The van der Waals surface area contributed by atoms with E-state index in [1.807, 2.05) is 26.8 Å². The number of fused-ring (bicyclic) bond motifs is 2. The van der Waals surface area contributed by atoms with E-state index >= 15 is 0 Å². The van der Waals surface area contributed by atoms with E-state index in [0.717, 1.165) is 18.6 Å². The fourth-order valence-electron chi connectivity index (χ4n) is 3.44. The molecule has 2 aliphatic rings. The van der Waals surface area contributed by atoms with Gasteiger partial charge in [0.1, 0.15) is 5.60 Å². The van der Waals surface area contributed by atoms with Gasteiger partial charge in [0, 0.05) is 31.2 Å². The third-order valence-electron chi connectivity index (χ3n) is 4.55. The van der Waals surface area contributed by atoms with Crippen molar-refractivity contribution >= 4 is 6.09 Å². The summed E-state index contributed by atoms with van der Waals surface area (Å²) in [6, 6.07) is 2.18. The summed E-state index contributed by atoms with van der Waals surface area (Å²) in [6.07, 6.45) is 8.92. The first-order chi connectivity index (χ1) is 10.3. The third-order valence-corrected chi connectivity index (χ3v) is 4.55. The zero-order valence-electron chi connectivity index (χ0n) is 14.4. The summed E-state index contributed by atoms with van der Waals surface area (Å²) in [4.78, 5) is 14.0. The number of rotatable bonds is 5. The van der Waals surface area contributed by atoms with E-state index < -0.39 is 5.60 Å². The third kappa shape index (κ3) is 5.29. The number of alkyl carbamates (subject to hydrolysis) is 1. The van der Waals surface area contributed by atoms with Crippen LogP contribution in [0.25, 0.3) is 0 Å². The highest BCUT2D eigenvalue weighted by atomic mass is 16.6. The molecule has 2 aliphatic heterocycles. The van der Waals surface area contributed by atoms with Gasteiger partial charge in [-0.3, -0.25) is 0 Å². The smallest absolute Gasteiger partial charge is 0.407 e. The first kappa shape index (κ1) is 17.3. The predicted octanol–water partition coefficient (Wildman–Crippen LogP) is 2.28. The molecular formula is C17H31N3O2. The second kappa shape index (κ2) is 7.47. The minimum Gasteiger partial charge on any atom is -0.444 e. The summed E-state index contributed by atoms with van der Waals surface area (Å²) in [7, 11) is 2.26. The van der Waals surface area contributed by atoms with E-state index in [4.69, 9.17) is 4.74 Å². The lowest BCUT2D eigenvalue weighted by Gasteiger charge is -2.36. The molecule has 2 atom stereocenters. The van der Waals surface area contributed by atoms with E-state index in [1.165, 1.54) is 25.7 Å². The Morgan fingerprint density at radius 2 is 1.77 bits per heavy atom. The number of amides is 1. The normalized spacial score (nSPS) is 29.0. The molecule has 0 spiro atoms. The van der Waals surface area contributed by atoms with Gasteiger partial charge in [-0.15, -0.1) is 0 Å². The molecule has 2 saturated heterocycles. The van der Waals surface area contributed by atoms with Crippen molar-refractivity contribution in [2.45, 2.75) is 70.2 Å². The minimum absolute atomic E-state index is 0.364. The Labute approximate surface area is 134 Å². The molecule has 2 fully saturated rings. The van der Waals surface area contributed by atoms with E-state index in [-0.39, 0.29) is 6.09 Å². The molecule has 2 bridgehead atoms. The molecule has 2 unspecified atom stereocenters. The van der Waals surface area contributed by atoms with Crippen LogP contribution in [0, 0.1) is 0 Å². The molecule has 1 amide bonds. The van der Waals surface area contributed by atoms with Crippen LogP contribution < -0.4 is 10.6 Å². The van der Waals surface area contributed by atoms with Crippen molar-refractivity contribution in [3.8, 4) is 0 Å². The van der Waals surface area contributed by atoms with Gasteiger partial charge in [0.25, 0.3) is 0 Å². The van der Waals surface area contributed by atoms with Crippen molar-refractivity contribution in [2.75, 3.05) is 20.1 Å². The fourth-order valence-corrected chi connectivity index (χ4v) is 3.44. The van der Waals surface area contributed by atoms with Crippen molar-refractivity contribution in [1.29, 1.82) is 0 Å². The van der Waals surface area contributed by atoms with Gasteiger partial charge < -0.3 is 20.3 Å². The van der Waals surface area contributed by atoms with E-state index in [0.29, 0.717) is 12.6 Å². The summed E-state index contributed by atoms with van der Waals surface area (Å²) in [5.74, 6) is 0. The van der Waals surface area contributed by atoms with Crippen LogP contribution in [0.1, 0.15) is 46.5 Å². The number of ether oxygens (including phenoxy) is 1. The van der Waals surface area contributed by atoms with Crippen molar-refractivity contribution < 1.29 is 9.53 Å². The maximum atomic E-state index is 11.5. The molecule has 0 aromatic heterocycles. The van der Waals surface area contributed by atoms with Crippen molar-refractivity contribution in [2.24, 2.45) is 0 Å². The molecule has 0 aromatic rings. The van der Waals surface area contributed by atoms with Gasteiger partial charge in [-0.05, 0) is 53.5 Å². The first-order valence-electron chi connectivity index (χ1n) is 8.42. The zero-order chi connectivity index (χ0) is 16.2. The molecule has 0 saturated carbocycles. The second-order valence-corrected chi connectivity index (χ2v) is 7.48. The van der Waals surface area contributed by atoms with Crippen LogP contribution in [-0.4, -0.2) is 54.9 Å². The highest BCUT2D eigenvalue weighted by molar-refractivity contribution is 5.67. The number of hydrogen-bond acceptors (Lipinski definition) is 4. The topological polar surface area (TPSA) is 53.6 Å². The van der Waals surface area contributed by atoms with Gasteiger partial charge in [-0.2, -0.15) is 0 Å². The number of piperidine rings is 1. The molecule has 0 aromatic carbocycles. The van der Waals surface area contributed by atoms with Gasteiger partial charge in [0.05, 0.1) is 0 Å². The lowest BCUT2D eigenvalue weighted by molar-refractivity contribution is 0.0534. The monoisotopic (exact) mass is 309 g/mol. The maximum absolute atomic E-state index is 11.5. The van der Waals surface area contributed by atoms with Crippen LogP contribution in [0.4, 0.5) is 4.79 Å². The average Bonchev–Trinajstić information content (AvgIpc) is 2.62. The summed E-state index contributed by atoms with van der Waals surface area (Å²) < 4.78 is 5.18. The van der Waals surface area contributed by atoms with Gasteiger partial charge >= 0.3 is 6.09 Å². The Morgan fingerprint density at radius 1 is 1.18 bits per heavy atom. The Morgan fingerprint density at radius 3 is 2.36 bits per heavy atom. The van der Waals surface area contributed by atoms with Gasteiger partial charge in [0.2, 0.25) is 0 Å². The van der Waals surface area contributed by atoms with Crippen LogP contribution in [0.5, 0.6) is 0 Å². The van der Waals surface area contributed by atoms with Crippen molar-refractivity contribution in [1.82, 2.24) is 15.5 Å². The molecule has 2 N–H and O–H groups in total. The zero-order valence-corrected chi connectivity index (χ0v) is 14.4. The predicted molar refractivity (Wildman–Crippen MR) is 89.0 cm³/mol. The van der Waals surface area contributed by atoms with Crippen LogP contribution in [0.3, 0.4) is 0 Å². The maximum Gasteiger partial charge on any atom is 0.407 e. The molecule has 126 valence electrons. The summed E-state index contributed by atoms with van der Waals surface area (Å²) in [6.45, 7) is 6.96. The quantitative estimate of drug-likeness (QED) is 0.765. The average molecular weight is 309 g/mol. The first-order valence-corrected chi connectivity index (χ1v) is 8.42. The Balaban J connectivity index is 1.56. The highest BCUT2D eigenvalue weighted by Crippen LogP contribution is 2.33.